The van der Waals surface area contributed by atoms with Crippen LogP contribution in [0.4, 0.5) is 5.13 Å². The molecule has 1 aliphatic heterocycles. The maximum atomic E-state index is 9.55. The molecule has 1 N–H and O–H groups in total. The molecule has 0 aliphatic carbocycles. The summed E-state index contributed by atoms with van der Waals surface area (Å²) in [5.74, 6) is 0.421. The smallest absolute Gasteiger partial charge is 0.185 e. The van der Waals surface area contributed by atoms with Crippen LogP contribution in [0.5, 0.6) is 0 Å². The topological polar surface area (TPSA) is 39.6 Å². The molecule has 0 spiro atoms. The van der Waals surface area contributed by atoms with Crippen molar-refractivity contribution in [3.05, 3.63) is 10.6 Å². The molecule has 1 aromatic heterocycles. The molecule has 20 heavy (non-hydrogen) atoms. The summed E-state index contributed by atoms with van der Waals surface area (Å²) in [6, 6.07) is 0.538. The summed E-state index contributed by atoms with van der Waals surface area (Å²) in [7, 11) is 4.33. The van der Waals surface area contributed by atoms with Crippen LogP contribution >= 0.6 is 11.3 Å². The van der Waals surface area contributed by atoms with E-state index in [9.17, 15) is 5.11 Å². The van der Waals surface area contributed by atoms with Crippen LogP contribution in [0, 0.1) is 0 Å². The minimum atomic E-state index is 0.107. The Kier molecular flexibility index (Phi) is 5.41. The maximum Gasteiger partial charge on any atom is 0.185 e. The van der Waals surface area contributed by atoms with Gasteiger partial charge in [0.15, 0.2) is 5.13 Å². The van der Waals surface area contributed by atoms with Crippen molar-refractivity contribution in [2.24, 2.45) is 0 Å². The quantitative estimate of drug-likeness (QED) is 0.907. The number of piperidine rings is 1. The van der Waals surface area contributed by atoms with E-state index in [0.717, 1.165) is 28.7 Å². The van der Waals surface area contributed by atoms with Crippen molar-refractivity contribution in [3.8, 4) is 0 Å². The van der Waals surface area contributed by atoms with E-state index in [1.54, 1.807) is 11.3 Å². The van der Waals surface area contributed by atoms with Gasteiger partial charge in [0.25, 0.3) is 0 Å². The Morgan fingerprint density at radius 3 is 2.90 bits per heavy atom. The van der Waals surface area contributed by atoms with Crippen LogP contribution in [0.1, 0.15) is 49.6 Å². The molecule has 0 radical (unpaired) electrons. The van der Waals surface area contributed by atoms with E-state index in [0.29, 0.717) is 12.0 Å². The SMILES string of the molecule is CCC(C)c1nc(N(C)C2CCCN(C)C2)sc1CO. The van der Waals surface area contributed by atoms with Gasteiger partial charge in [-0.25, -0.2) is 4.98 Å². The number of anilines is 1. The second kappa shape index (κ2) is 6.87. The minimum absolute atomic E-state index is 0.107. The normalized spacial score (nSPS) is 21.9. The summed E-state index contributed by atoms with van der Waals surface area (Å²) in [5, 5.41) is 10.6. The number of rotatable bonds is 5. The van der Waals surface area contributed by atoms with Crippen molar-refractivity contribution in [1.82, 2.24) is 9.88 Å². The summed E-state index contributed by atoms with van der Waals surface area (Å²) in [4.78, 5) is 10.6. The molecule has 1 aromatic rings. The molecule has 2 heterocycles. The Morgan fingerprint density at radius 1 is 1.55 bits per heavy atom. The third-order valence-corrected chi connectivity index (χ3v) is 5.53. The van der Waals surface area contributed by atoms with Crippen molar-refractivity contribution in [1.29, 1.82) is 0 Å². The first kappa shape index (κ1) is 15.7. The Morgan fingerprint density at radius 2 is 2.30 bits per heavy atom. The van der Waals surface area contributed by atoms with Crippen molar-refractivity contribution >= 4 is 16.5 Å². The highest BCUT2D eigenvalue weighted by Crippen LogP contribution is 2.33. The van der Waals surface area contributed by atoms with Gasteiger partial charge in [-0.3, -0.25) is 0 Å². The summed E-state index contributed by atoms with van der Waals surface area (Å²) in [5.41, 5.74) is 1.09. The molecule has 1 saturated heterocycles. The summed E-state index contributed by atoms with van der Waals surface area (Å²) in [6.07, 6.45) is 3.54. The van der Waals surface area contributed by atoms with Gasteiger partial charge >= 0.3 is 0 Å². The maximum absolute atomic E-state index is 9.55. The summed E-state index contributed by atoms with van der Waals surface area (Å²) >= 11 is 1.65. The highest BCUT2D eigenvalue weighted by Gasteiger charge is 2.25. The van der Waals surface area contributed by atoms with Crippen molar-refractivity contribution < 1.29 is 5.11 Å². The number of likely N-dealkylation sites (tertiary alicyclic amines) is 1. The Bertz CT molecular complexity index is 435. The van der Waals surface area contributed by atoms with E-state index in [2.05, 4.69) is 37.7 Å². The summed E-state index contributed by atoms with van der Waals surface area (Å²) < 4.78 is 0. The second-order valence-corrected chi connectivity index (χ2v) is 7.00. The zero-order valence-corrected chi connectivity index (χ0v) is 13.9. The monoisotopic (exact) mass is 297 g/mol. The number of hydrogen-bond acceptors (Lipinski definition) is 5. The van der Waals surface area contributed by atoms with E-state index in [4.69, 9.17) is 4.98 Å². The molecule has 1 fully saturated rings. The molecule has 2 unspecified atom stereocenters. The van der Waals surface area contributed by atoms with Gasteiger partial charge in [-0.15, -0.1) is 0 Å². The van der Waals surface area contributed by atoms with Crippen molar-refractivity contribution in [2.45, 2.75) is 51.7 Å². The van der Waals surface area contributed by atoms with E-state index < -0.39 is 0 Å². The predicted molar refractivity (Wildman–Crippen MR) is 85.7 cm³/mol. The molecule has 4 nitrogen and oxygen atoms in total. The van der Waals surface area contributed by atoms with Gasteiger partial charge in [-0.05, 0) is 38.8 Å². The molecule has 0 bridgehead atoms. The van der Waals surface area contributed by atoms with E-state index in [-0.39, 0.29) is 6.61 Å². The highest BCUT2D eigenvalue weighted by atomic mass is 32.1. The molecule has 0 saturated carbocycles. The van der Waals surface area contributed by atoms with Crippen LogP contribution in [-0.2, 0) is 6.61 Å². The molecular weight excluding hydrogens is 270 g/mol. The van der Waals surface area contributed by atoms with Gasteiger partial charge in [-0.1, -0.05) is 25.2 Å². The van der Waals surface area contributed by atoms with Gasteiger partial charge < -0.3 is 14.9 Å². The van der Waals surface area contributed by atoms with E-state index in [1.807, 2.05) is 0 Å². The largest absolute Gasteiger partial charge is 0.391 e. The average molecular weight is 297 g/mol. The fraction of sp³-hybridized carbons (Fsp3) is 0.800. The average Bonchev–Trinajstić information content (AvgIpc) is 2.89. The van der Waals surface area contributed by atoms with Crippen LogP contribution in [-0.4, -0.2) is 48.2 Å². The molecule has 2 rings (SSSR count). The number of aromatic nitrogens is 1. The zero-order valence-electron chi connectivity index (χ0n) is 13.1. The molecule has 0 amide bonds. The van der Waals surface area contributed by atoms with E-state index >= 15 is 0 Å². The predicted octanol–water partition coefficient (Wildman–Crippen LogP) is 2.68. The number of hydrogen-bond donors (Lipinski definition) is 1. The van der Waals surface area contributed by atoms with Crippen molar-refractivity contribution in [2.75, 3.05) is 32.1 Å². The second-order valence-electron chi connectivity index (χ2n) is 5.94. The lowest BCUT2D eigenvalue weighted by atomic mass is 10.0. The Hall–Kier alpha value is -0.650. The van der Waals surface area contributed by atoms with Gasteiger partial charge in [0.2, 0.25) is 0 Å². The third kappa shape index (κ3) is 3.32. The lowest BCUT2D eigenvalue weighted by molar-refractivity contribution is 0.248. The van der Waals surface area contributed by atoms with Gasteiger partial charge in [0, 0.05) is 19.6 Å². The molecule has 0 aromatic carbocycles. The summed E-state index contributed by atoms with van der Waals surface area (Å²) in [6.45, 7) is 6.76. The molecule has 2 atom stereocenters. The molecular formula is C15H27N3OS. The first-order valence-corrected chi connectivity index (χ1v) is 8.40. The van der Waals surface area contributed by atoms with Gasteiger partial charge in [0.05, 0.1) is 17.2 Å². The molecule has 1 aliphatic rings. The first-order chi connectivity index (χ1) is 9.56. The first-order valence-electron chi connectivity index (χ1n) is 7.58. The highest BCUT2D eigenvalue weighted by molar-refractivity contribution is 7.15. The lowest BCUT2D eigenvalue weighted by Gasteiger charge is -2.35. The fourth-order valence-corrected chi connectivity index (χ4v) is 3.88. The zero-order chi connectivity index (χ0) is 14.7. The Labute approximate surface area is 126 Å². The number of thiazole rings is 1. The van der Waals surface area contributed by atoms with Crippen LogP contribution in [0.3, 0.4) is 0 Å². The fourth-order valence-electron chi connectivity index (χ4n) is 2.80. The number of aliphatic hydroxyl groups is 1. The van der Waals surface area contributed by atoms with Crippen molar-refractivity contribution in [3.63, 3.8) is 0 Å². The number of likely N-dealkylation sites (N-methyl/N-ethyl adjacent to an activating group) is 2. The van der Waals surface area contributed by atoms with Crippen LogP contribution in [0.15, 0.2) is 0 Å². The van der Waals surface area contributed by atoms with Crippen LogP contribution in [0.2, 0.25) is 0 Å². The Balaban J connectivity index is 2.17. The minimum Gasteiger partial charge on any atom is -0.391 e. The van der Waals surface area contributed by atoms with Gasteiger partial charge in [0.1, 0.15) is 0 Å². The standard InChI is InChI=1S/C15H27N3OS/c1-5-11(2)14-13(10-19)20-15(16-14)18(4)12-7-6-8-17(3)9-12/h11-12,19H,5-10H2,1-4H3. The lowest BCUT2D eigenvalue weighted by Crippen LogP contribution is -2.45. The van der Waals surface area contributed by atoms with Crippen LogP contribution in [0.25, 0.3) is 0 Å². The van der Waals surface area contributed by atoms with E-state index in [1.165, 1.54) is 19.4 Å². The molecule has 5 heteroatoms. The number of aliphatic hydroxyl groups excluding tert-OH is 1. The number of nitrogens with zero attached hydrogens (tertiary/aromatic N) is 3. The third-order valence-electron chi connectivity index (χ3n) is 4.39. The molecule has 114 valence electrons. The van der Waals surface area contributed by atoms with Gasteiger partial charge in [-0.2, -0.15) is 0 Å². The van der Waals surface area contributed by atoms with Crippen LogP contribution < -0.4 is 4.90 Å².